The second-order valence-corrected chi connectivity index (χ2v) is 11.3. The first-order chi connectivity index (χ1) is 15.4. The Morgan fingerprint density at radius 1 is 1.15 bits per heavy atom. The summed E-state index contributed by atoms with van der Waals surface area (Å²) in [6.45, 7) is 5.50. The molecule has 1 aliphatic heterocycles. The van der Waals surface area contributed by atoms with Gasteiger partial charge < -0.3 is 15.7 Å². The molecular weight excluding hydrogens is 450 g/mol. The van der Waals surface area contributed by atoms with Crippen LogP contribution in [-0.2, 0) is 17.0 Å². The first-order valence-corrected chi connectivity index (χ1v) is 12.8. The van der Waals surface area contributed by atoms with Gasteiger partial charge in [-0.3, -0.25) is 13.9 Å². The molecule has 3 atom stereocenters. The number of aliphatic hydroxyl groups excluding tert-OH is 1. The Labute approximate surface area is 194 Å². The quantitative estimate of drug-likeness (QED) is 0.390. The first kappa shape index (κ1) is 25.6. The lowest BCUT2D eigenvalue weighted by Gasteiger charge is -2.42. The van der Waals surface area contributed by atoms with Gasteiger partial charge in [0, 0.05) is 19.5 Å². The predicted octanol–water partition coefficient (Wildman–Crippen LogP) is 4.09. The van der Waals surface area contributed by atoms with Crippen LogP contribution >= 0.6 is 10.6 Å². The van der Waals surface area contributed by atoms with E-state index in [9.17, 15) is 27.8 Å². The summed E-state index contributed by atoms with van der Waals surface area (Å²) in [5.41, 5.74) is 3.25. The Morgan fingerprint density at radius 3 is 2.42 bits per heavy atom. The average Bonchev–Trinajstić information content (AvgIpc) is 2.69. The SMILES string of the molecule is CC(=O)NC(Cc1cc(F)cc(F)c1)C(O)CNC1CS(O)(O)Cc2ccc(C(C)C)cc21. The molecular formula is C24H32F2N2O4S. The maximum atomic E-state index is 13.6. The normalized spacial score (nSPS) is 20.1. The number of nitrogens with one attached hydrogen (secondary N) is 2. The van der Waals surface area contributed by atoms with Crippen LogP contribution in [0.1, 0.15) is 55.0 Å². The second-order valence-electron chi connectivity index (χ2n) is 9.04. The van der Waals surface area contributed by atoms with Crippen molar-refractivity contribution in [2.75, 3.05) is 12.3 Å². The Hall–Kier alpha value is -2.04. The lowest BCUT2D eigenvalue weighted by atomic mass is 9.94. The zero-order valence-electron chi connectivity index (χ0n) is 19.0. The van der Waals surface area contributed by atoms with E-state index in [0.717, 1.165) is 34.9 Å². The van der Waals surface area contributed by atoms with Crippen LogP contribution in [0.2, 0.25) is 0 Å². The molecule has 5 N–H and O–H groups in total. The van der Waals surface area contributed by atoms with Crippen LogP contribution in [0.3, 0.4) is 0 Å². The summed E-state index contributed by atoms with van der Waals surface area (Å²) in [5.74, 6) is -1.22. The maximum absolute atomic E-state index is 13.6. The number of hydrogen-bond donors (Lipinski definition) is 5. The van der Waals surface area contributed by atoms with Gasteiger partial charge in [-0.2, -0.15) is 10.6 Å². The number of carbonyl (C=O) groups excluding carboxylic acids is 1. The maximum Gasteiger partial charge on any atom is 0.217 e. The molecule has 0 bridgehead atoms. The molecule has 0 saturated carbocycles. The van der Waals surface area contributed by atoms with Crippen molar-refractivity contribution in [3.63, 3.8) is 0 Å². The van der Waals surface area contributed by atoms with Gasteiger partial charge in [0.25, 0.3) is 0 Å². The van der Waals surface area contributed by atoms with Crippen molar-refractivity contribution in [1.29, 1.82) is 0 Å². The number of carbonyl (C=O) groups is 1. The van der Waals surface area contributed by atoms with Crippen LogP contribution in [0.15, 0.2) is 36.4 Å². The Balaban J connectivity index is 1.77. The minimum absolute atomic E-state index is 0.0328. The number of halogens is 2. The van der Waals surface area contributed by atoms with Gasteiger partial charge in [-0.25, -0.2) is 8.78 Å². The van der Waals surface area contributed by atoms with E-state index in [1.54, 1.807) is 0 Å². The molecule has 182 valence electrons. The van der Waals surface area contributed by atoms with Gasteiger partial charge in [0.05, 0.1) is 29.7 Å². The molecule has 0 radical (unpaired) electrons. The minimum atomic E-state index is -2.82. The predicted molar refractivity (Wildman–Crippen MR) is 126 cm³/mol. The fraction of sp³-hybridized carbons (Fsp3) is 0.458. The molecule has 6 nitrogen and oxygen atoms in total. The molecule has 1 heterocycles. The molecule has 0 aliphatic carbocycles. The highest BCUT2D eigenvalue weighted by Crippen LogP contribution is 2.51. The van der Waals surface area contributed by atoms with Crippen LogP contribution in [0.5, 0.6) is 0 Å². The third-order valence-electron chi connectivity index (χ3n) is 5.84. The van der Waals surface area contributed by atoms with Gasteiger partial charge in [0.1, 0.15) is 11.6 Å². The van der Waals surface area contributed by atoms with Gasteiger partial charge in [0.2, 0.25) is 5.91 Å². The molecule has 33 heavy (non-hydrogen) atoms. The van der Waals surface area contributed by atoms with Gasteiger partial charge >= 0.3 is 0 Å². The highest BCUT2D eigenvalue weighted by Gasteiger charge is 2.31. The summed E-state index contributed by atoms with van der Waals surface area (Å²) in [6, 6.07) is 7.87. The fourth-order valence-electron chi connectivity index (χ4n) is 4.19. The van der Waals surface area contributed by atoms with Gasteiger partial charge in [-0.15, -0.1) is 0 Å². The number of aliphatic hydroxyl groups is 1. The highest BCUT2D eigenvalue weighted by molar-refractivity contribution is 8.23. The standard InChI is InChI=1S/C24H32F2N2O4S/c1-14(2)17-4-5-18-12-33(31,32)13-23(21(18)9-17)27-11-24(30)22(28-15(3)29)8-16-6-19(25)10-20(26)7-16/h4-7,9-10,14,22-24,27,30-32H,8,11-13H2,1-3H3,(H,28,29). The monoisotopic (exact) mass is 482 g/mol. The molecule has 2 aromatic rings. The molecule has 3 unspecified atom stereocenters. The van der Waals surface area contributed by atoms with Crippen LogP contribution in [-0.4, -0.2) is 44.6 Å². The molecule has 3 rings (SSSR count). The smallest absolute Gasteiger partial charge is 0.217 e. The van der Waals surface area contributed by atoms with Crippen molar-refractivity contribution in [1.82, 2.24) is 10.6 Å². The van der Waals surface area contributed by atoms with Gasteiger partial charge in [-0.1, -0.05) is 32.0 Å². The van der Waals surface area contributed by atoms with E-state index in [1.165, 1.54) is 6.92 Å². The van der Waals surface area contributed by atoms with Crippen LogP contribution in [0.4, 0.5) is 8.78 Å². The molecule has 1 amide bonds. The topological polar surface area (TPSA) is 102 Å². The van der Waals surface area contributed by atoms with E-state index in [1.807, 2.05) is 12.1 Å². The minimum Gasteiger partial charge on any atom is -0.390 e. The lowest BCUT2D eigenvalue weighted by molar-refractivity contribution is -0.120. The van der Waals surface area contributed by atoms with Crippen LogP contribution < -0.4 is 10.6 Å². The molecule has 1 aliphatic rings. The highest BCUT2D eigenvalue weighted by atomic mass is 32.3. The number of fused-ring (bicyclic) bond motifs is 1. The van der Waals surface area contributed by atoms with Gasteiger partial charge in [-0.05, 0) is 46.7 Å². The van der Waals surface area contributed by atoms with E-state index >= 15 is 0 Å². The van der Waals surface area contributed by atoms with Crippen LogP contribution in [0, 0.1) is 11.6 Å². The molecule has 2 aromatic carbocycles. The summed E-state index contributed by atoms with van der Waals surface area (Å²) in [7, 11) is -2.82. The van der Waals surface area contributed by atoms with Crippen molar-refractivity contribution < 1.29 is 27.8 Å². The largest absolute Gasteiger partial charge is 0.390 e. The van der Waals surface area contributed by atoms with E-state index < -0.39 is 40.4 Å². The van der Waals surface area contributed by atoms with Gasteiger partial charge in [0.15, 0.2) is 0 Å². The van der Waals surface area contributed by atoms with E-state index in [4.69, 9.17) is 0 Å². The summed E-state index contributed by atoms with van der Waals surface area (Å²) in [6.07, 6.45) is -1.05. The van der Waals surface area contributed by atoms with Crippen molar-refractivity contribution in [3.8, 4) is 0 Å². The molecule has 0 aromatic heterocycles. The summed E-state index contributed by atoms with van der Waals surface area (Å²) in [4.78, 5) is 11.7. The number of hydrogen-bond acceptors (Lipinski definition) is 5. The van der Waals surface area contributed by atoms with E-state index in [-0.39, 0.29) is 30.4 Å². The van der Waals surface area contributed by atoms with Crippen LogP contribution in [0.25, 0.3) is 0 Å². The first-order valence-electron chi connectivity index (χ1n) is 10.9. The fourth-order valence-corrected chi connectivity index (χ4v) is 5.90. The van der Waals surface area contributed by atoms with Crippen molar-refractivity contribution >= 4 is 16.5 Å². The zero-order valence-corrected chi connectivity index (χ0v) is 19.8. The van der Waals surface area contributed by atoms with Crippen molar-refractivity contribution in [3.05, 3.63) is 70.3 Å². The second kappa shape index (κ2) is 10.5. The summed E-state index contributed by atoms with van der Waals surface area (Å²) in [5, 5.41) is 16.7. The lowest BCUT2D eigenvalue weighted by Crippen LogP contribution is -2.49. The Bertz CT molecular complexity index is 982. The molecule has 0 spiro atoms. The third-order valence-corrected chi connectivity index (χ3v) is 7.48. The molecule has 0 fully saturated rings. The zero-order chi connectivity index (χ0) is 24.3. The molecule has 0 saturated heterocycles. The van der Waals surface area contributed by atoms with E-state index in [2.05, 4.69) is 30.5 Å². The average molecular weight is 483 g/mol. The number of benzene rings is 2. The Morgan fingerprint density at radius 2 is 1.82 bits per heavy atom. The number of rotatable bonds is 8. The Kier molecular flexibility index (Phi) is 8.13. The third kappa shape index (κ3) is 6.97. The van der Waals surface area contributed by atoms with Crippen molar-refractivity contribution in [2.45, 2.75) is 57.1 Å². The van der Waals surface area contributed by atoms with Crippen molar-refractivity contribution in [2.24, 2.45) is 0 Å². The number of amides is 1. The molecule has 9 heteroatoms. The summed E-state index contributed by atoms with van der Waals surface area (Å²) >= 11 is 0. The van der Waals surface area contributed by atoms with E-state index in [0.29, 0.717) is 11.5 Å². The summed E-state index contributed by atoms with van der Waals surface area (Å²) < 4.78 is 48.0.